The number of benzene rings is 2. The Morgan fingerprint density at radius 3 is 2.48 bits per heavy atom. The van der Waals surface area contributed by atoms with Gasteiger partial charge in [-0.2, -0.15) is 5.10 Å². The highest BCUT2D eigenvalue weighted by atomic mass is 35.5. The first-order valence-corrected chi connectivity index (χ1v) is 7.76. The summed E-state index contributed by atoms with van der Waals surface area (Å²) in [5, 5.41) is 8.08. The van der Waals surface area contributed by atoms with Crippen LogP contribution in [0.2, 0.25) is 5.02 Å². The van der Waals surface area contributed by atoms with Crippen molar-refractivity contribution in [2.45, 2.75) is 6.92 Å². The van der Waals surface area contributed by atoms with Gasteiger partial charge in [-0.05, 0) is 31.2 Å². The average molecular weight is 326 g/mol. The Labute approximate surface area is 139 Å². The van der Waals surface area contributed by atoms with Crippen LogP contribution in [-0.2, 0) is 0 Å². The van der Waals surface area contributed by atoms with Gasteiger partial charge in [0.15, 0.2) is 0 Å². The van der Waals surface area contributed by atoms with Crippen LogP contribution in [0, 0.1) is 0 Å². The highest BCUT2D eigenvalue weighted by Crippen LogP contribution is 2.25. The predicted molar refractivity (Wildman–Crippen MR) is 92.0 cm³/mol. The van der Waals surface area contributed by atoms with E-state index < -0.39 is 0 Å². The molecule has 0 saturated carbocycles. The molecule has 2 aromatic carbocycles. The molecule has 3 aromatic rings. The van der Waals surface area contributed by atoms with E-state index in [4.69, 9.17) is 11.6 Å². The number of rotatable bonds is 4. The second-order valence-corrected chi connectivity index (χ2v) is 5.47. The largest absolute Gasteiger partial charge is 0.352 e. The number of amides is 1. The van der Waals surface area contributed by atoms with Crippen molar-refractivity contribution < 1.29 is 4.79 Å². The molecular formula is C18H16ClN3O. The van der Waals surface area contributed by atoms with Crippen LogP contribution >= 0.6 is 11.6 Å². The minimum Gasteiger partial charge on any atom is -0.352 e. The van der Waals surface area contributed by atoms with Crippen LogP contribution in [0.25, 0.3) is 16.9 Å². The summed E-state index contributed by atoms with van der Waals surface area (Å²) in [5.74, 6) is -0.139. The van der Waals surface area contributed by atoms with Crippen molar-refractivity contribution in [1.29, 1.82) is 0 Å². The van der Waals surface area contributed by atoms with Crippen LogP contribution < -0.4 is 5.32 Å². The van der Waals surface area contributed by atoms with E-state index in [0.717, 1.165) is 11.3 Å². The number of halogens is 1. The molecule has 116 valence electrons. The molecule has 1 amide bonds. The summed E-state index contributed by atoms with van der Waals surface area (Å²) in [6, 6.07) is 17.0. The summed E-state index contributed by atoms with van der Waals surface area (Å²) in [7, 11) is 0. The van der Waals surface area contributed by atoms with Gasteiger partial charge in [0.25, 0.3) is 5.91 Å². The van der Waals surface area contributed by atoms with E-state index in [-0.39, 0.29) is 5.91 Å². The SMILES string of the molecule is CCNC(=O)c1cn(-c2ccccc2)nc1-c1ccc(Cl)cc1. The van der Waals surface area contributed by atoms with Gasteiger partial charge in [-0.15, -0.1) is 0 Å². The van der Waals surface area contributed by atoms with Crippen molar-refractivity contribution in [3.05, 3.63) is 71.4 Å². The fourth-order valence-electron chi connectivity index (χ4n) is 2.33. The maximum Gasteiger partial charge on any atom is 0.255 e. The van der Waals surface area contributed by atoms with Crippen LogP contribution in [0.3, 0.4) is 0 Å². The van der Waals surface area contributed by atoms with E-state index in [0.29, 0.717) is 22.8 Å². The molecule has 1 N–H and O–H groups in total. The molecule has 0 bridgehead atoms. The lowest BCUT2D eigenvalue weighted by Gasteiger charge is -2.02. The van der Waals surface area contributed by atoms with Gasteiger partial charge < -0.3 is 5.32 Å². The minimum atomic E-state index is -0.139. The number of nitrogens with one attached hydrogen (secondary N) is 1. The zero-order valence-electron chi connectivity index (χ0n) is 12.7. The fraction of sp³-hybridized carbons (Fsp3) is 0.111. The number of nitrogens with zero attached hydrogens (tertiary/aromatic N) is 2. The molecule has 0 fully saturated rings. The second kappa shape index (κ2) is 6.67. The molecule has 0 aliphatic carbocycles. The number of carbonyl (C=O) groups excluding carboxylic acids is 1. The number of carbonyl (C=O) groups is 1. The van der Waals surface area contributed by atoms with E-state index in [1.54, 1.807) is 23.0 Å². The standard InChI is InChI=1S/C18H16ClN3O/c1-2-20-18(23)16-12-22(15-6-4-3-5-7-15)21-17(16)13-8-10-14(19)11-9-13/h3-12H,2H2,1H3,(H,20,23). The second-order valence-electron chi connectivity index (χ2n) is 5.04. The van der Waals surface area contributed by atoms with E-state index in [1.807, 2.05) is 49.4 Å². The Hall–Kier alpha value is -2.59. The summed E-state index contributed by atoms with van der Waals surface area (Å²) in [6.07, 6.45) is 1.75. The molecule has 0 aliphatic heterocycles. The molecule has 0 aliphatic rings. The number of aromatic nitrogens is 2. The molecule has 0 unspecified atom stereocenters. The first-order chi connectivity index (χ1) is 11.2. The van der Waals surface area contributed by atoms with Gasteiger partial charge in [0, 0.05) is 23.3 Å². The molecule has 0 radical (unpaired) electrons. The molecule has 23 heavy (non-hydrogen) atoms. The Balaban J connectivity index is 2.10. The lowest BCUT2D eigenvalue weighted by molar-refractivity contribution is 0.0956. The van der Waals surface area contributed by atoms with Crippen molar-refractivity contribution in [2.75, 3.05) is 6.54 Å². The zero-order chi connectivity index (χ0) is 16.2. The summed E-state index contributed by atoms with van der Waals surface area (Å²) in [6.45, 7) is 2.46. The van der Waals surface area contributed by atoms with Crippen molar-refractivity contribution in [1.82, 2.24) is 15.1 Å². The molecule has 3 rings (SSSR count). The molecule has 1 heterocycles. The Morgan fingerprint density at radius 2 is 1.83 bits per heavy atom. The van der Waals surface area contributed by atoms with Gasteiger partial charge in [0.1, 0.15) is 5.69 Å². The van der Waals surface area contributed by atoms with Crippen LogP contribution in [-0.4, -0.2) is 22.2 Å². The summed E-state index contributed by atoms with van der Waals surface area (Å²) >= 11 is 5.95. The monoisotopic (exact) mass is 325 g/mol. The van der Waals surface area contributed by atoms with Crippen molar-refractivity contribution >= 4 is 17.5 Å². The molecular weight excluding hydrogens is 310 g/mol. The lowest BCUT2D eigenvalue weighted by Crippen LogP contribution is -2.22. The third-order valence-electron chi connectivity index (χ3n) is 3.43. The molecule has 4 nitrogen and oxygen atoms in total. The fourth-order valence-corrected chi connectivity index (χ4v) is 2.46. The van der Waals surface area contributed by atoms with Crippen LogP contribution in [0.15, 0.2) is 60.8 Å². The van der Waals surface area contributed by atoms with E-state index in [9.17, 15) is 4.79 Å². The van der Waals surface area contributed by atoms with Gasteiger partial charge in [-0.25, -0.2) is 4.68 Å². The van der Waals surface area contributed by atoms with Crippen molar-refractivity contribution in [3.8, 4) is 16.9 Å². The average Bonchev–Trinajstić information content (AvgIpc) is 3.02. The van der Waals surface area contributed by atoms with Gasteiger partial charge in [-0.3, -0.25) is 4.79 Å². The number of hydrogen-bond acceptors (Lipinski definition) is 2. The van der Waals surface area contributed by atoms with Crippen molar-refractivity contribution in [2.24, 2.45) is 0 Å². The Kier molecular flexibility index (Phi) is 4.44. The Bertz CT molecular complexity index is 810. The predicted octanol–water partition coefficient (Wildman–Crippen LogP) is 3.94. The van der Waals surface area contributed by atoms with Gasteiger partial charge in [0.05, 0.1) is 11.3 Å². The molecule has 5 heteroatoms. The maximum atomic E-state index is 12.4. The molecule has 0 saturated heterocycles. The maximum absolute atomic E-state index is 12.4. The highest BCUT2D eigenvalue weighted by Gasteiger charge is 2.18. The van der Waals surface area contributed by atoms with Crippen LogP contribution in [0.4, 0.5) is 0 Å². The number of hydrogen-bond donors (Lipinski definition) is 1. The van der Waals surface area contributed by atoms with Gasteiger partial charge >= 0.3 is 0 Å². The first-order valence-electron chi connectivity index (χ1n) is 7.38. The van der Waals surface area contributed by atoms with E-state index in [2.05, 4.69) is 10.4 Å². The Morgan fingerprint density at radius 1 is 1.13 bits per heavy atom. The van der Waals surface area contributed by atoms with Crippen molar-refractivity contribution in [3.63, 3.8) is 0 Å². The minimum absolute atomic E-state index is 0.139. The smallest absolute Gasteiger partial charge is 0.255 e. The quantitative estimate of drug-likeness (QED) is 0.789. The molecule has 0 atom stereocenters. The molecule has 0 spiro atoms. The topological polar surface area (TPSA) is 46.9 Å². The molecule has 1 aromatic heterocycles. The summed E-state index contributed by atoms with van der Waals surface area (Å²) < 4.78 is 1.72. The third kappa shape index (κ3) is 3.27. The third-order valence-corrected chi connectivity index (χ3v) is 3.69. The van der Waals surface area contributed by atoms with E-state index in [1.165, 1.54) is 0 Å². The normalized spacial score (nSPS) is 10.5. The van der Waals surface area contributed by atoms with Gasteiger partial charge in [-0.1, -0.05) is 41.9 Å². The van der Waals surface area contributed by atoms with Crippen LogP contribution in [0.1, 0.15) is 17.3 Å². The summed E-state index contributed by atoms with van der Waals surface area (Å²) in [5.41, 5.74) is 2.93. The zero-order valence-corrected chi connectivity index (χ0v) is 13.4. The first kappa shape index (κ1) is 15.3. The van der Waals surface area contributed by atoms with Gasteiger partial charge in [0.2, 0.25) is 0 Å². The lowest BCUT2D eigenvalue weighted by atomic mass is 10.1. The van der Waals surface area contributed by atoms with Crippen LogP contribution in [0.5, 0.6) is 0 Å². The number of para-hydroxylation sites is 1. The highest BCUT2D eigenvalue weighted by molar-refractivity contribution is 6.30. The van der Waals surface area contributed by atoms with E-state index >= 15 is 0 Å². The summed E-state index contributed by atoms with van der Waals surface area (Å²) in [4.78, 5) is 12.4.